The fourth-order valence-corrected chi connectivity index (χ4v) is 2.93. The van der Waals surface area contributed by atoms with Crippen LogP contribution in [0.3, 0.4) is 0 Å². The molecule has 1 heterocycles. The minimum absolute atomic E-state index is 0.0484. The number of benzene rings is 2. The fraction of sp³-hybridized carbons (Fsp3) is 0.350. The zero-order valence-corrected chi connectivity index (χ0v) is 14.9. The zero-order chi connectivity index (χ0) is 17.6. The molecule has 0 bridgehead atoms. The zero-order valence-electron chi connectivity index (χ0n) is 14.9. The minimum atomic E-state index is -0.0484. The van der Waals surface area contributed by atoms with Crippen molar-refractivity contribution in [3.05, 3.63) is 54.1 Å². The Hall–Kier alpha value is -2.69. The third-order valence-corrected chi connectivity index (χ3v) is 4.38. The van der Waals surface area contributed by atoms with Gasteiger partial charge < -0.3 is 19.9 Å². The van der Waals surface area contributed by atoms with Crippen LogP contribution in [0, 0.1) is 6.92 Å². The third-order valence-electron chi connectivity index (χ3n) is 4.38. The standard InChI is InChI=1S/C20H25N3O2/c1-3-25-19-10-6-17(7-11-19)21-20(24)23-14-12-22(13-15-23)18-8-4-16(2)5-9-18/h4-11H,3,12-15H2,1-2H3,(H,21,24). The first-order valence-electron chi connectivity index (χ1n) is 8.76. The smallest absolute Gasteiger partial charge is 0.321 e. The summed E-state index contributed by atoms with van der Waals surface area (Å²) in [4.78, 5) is 16.6. The monoisotopic (exact) mass is 339 g/mol. The molecule has 1 aliphatic rings. The van der Waals surface area contributed by atoms with Gasteiger partial charge in [0.2, 0.25) is 0 Å². The number of piperazine rings is 1. The molecule has 1 saturated heterocycles. The number of amides is 2. The van der Waals surface area contributed by atoms with Crippen molar-refractivity contribution in [2.75, 3.05) is 43.0 Å². The lowest BCUT2D eigenvalue weighted by Gasteiger charge is -2.36. The number of hydrogen-bond donors (Lipinski definition) is 1. The molecule has 0 unspecified atom stereocenters. The number of nitrogens with one attached hydrogen (secondary N) is 1. The molecule has 2 aromatic carbocycles. The van der Waals surface area contributed by atoms with Gasteiger partial charge >= 0.3 is 6.03 Å². The van der Waals surface area contributed by atoms with E-state index in [1.54, 1.807) is 0 Å². The first kappa shape index (κ1) is 17.1. The molecule has 1 aliphatic heterocycles. The normalized spacial score (nSPS) is 14.3. The first-order chi connectivity index (χ1) is 12.2. The number of hydrogen-bond acceptors (Lipinski definition) is 3. The number of rotatable bonds is 4. The van der Waals surface area contributed by atoms with E-state index in [1.165, 1.54) is 11.3 Å². The summed E-state index contributed by atoms with van der Waals surface area (Å²) in [7, 11) is 0. The maximum atomic E-state index is 12.4. The van der Waals surface area contributed by atoms with Crippen LogP contribution in [-0.4, -0.2) is 43.7 Å². The van der Waals surface area contributed by atoms with Crippen molar-refractivity contribution in [2.24, 2.45) is 0 Å². The number of ether oxygens (including phenoxy) is 1. The second-order valence-corrected chi connectivity index (χ2v) is 6.20. The van der Waals surface area contributed by atoms with Crippen molar-refractivity contribution in [3.63, 3.8) is 0 Å². The molecular formula is C20H25N3O2. The van der Waals surface area contributed by atoms with Gasteiger partial charge in [0.15, 0.2) is 0 Å². The highest BCUT2D eigenvalue weighted by Crippen LogP contribution is 2.19. The summed E-state index contributed by atoms with van der Waals surface area (Å²) in [5, 5.41) is 2.96. The molecule has 2 amide bonds. The van der Waals surface area contributed by atoms with Crippen molar-refractivity contribution in [2.45, 2.75) is 13.8 Å². The average Bonchev–Trinajstić information content (AvgIpc) is 2.64. The maximum Gasteiger partial charge on any atom is 0.321 e. The third kappa shape index (κ3) is 4.44. The van der Waals surface area contributed by atoms with Crippen LogP contribution in [0.5, 0.6) is 5.75 Å². The second kappa shape index (κ2) is 7.92. The summed E-state index contributed by atoms with van der Waals surface area (Å²) in [5.74, 6) is 0.812. The molecular weight excluding hydrogens is 314 g/mol. The van der Waals surface area contributed by atoms with E-state index in [2.05, 4.69) is 41.4 Å². The molecule has 0 spiro atoms. The van der Waals surface area contributed by atoms with Gasteiger partial charge in [-0.15, -0.1) is 0 Å². The van der Waals surface area contributed by atoms with Crippen molar-refractivity contribution in [3.8, 4) is 5.75 Å². The number of carbonyl (C=O) groups is 1. The van der Waals surface area contributed by atoms with Gasteiger partial charge in [-0.3, -0.25) is 0 Å². The Morgan fingerprint density at radius 2 is 1.64 bits per heavy atom. The van der Waals surface area contributed by atoms with Gasteiger partial charge in [-0.1, -0.05) is 17.7 Å². The number of urea groups is 1. The molecule has 1 N–H and O–H groups in total. The number of aryl methyl sites for hydroxylation is 1. The highest BCUT2D eigenvalue weighted by Gasteiger charge is 2.21. The van der Waals surface area contributed by atoms with Gasteiger partial charge in [0.1, 0.15) is 5.75 Å². The van der Waals surface area contributed by atoms with Gasteiger partial charge in [0.05, 0.1) is 6.61 Å². The summed E-state index contributed by atoms with van der Waals surface area (Å²) < 4.78 is 5.41. The first-order valence-corrected chi connectivity index (χ1v) is 8.76. The molecule has 1 fully saturated rings. The van der Waals surface area contributed by atoms with E-state index in [0.29, 0.717) is 6.61 Å². The molecule has 3 rings (SSSR count). The maximum absolute atomic E-state index is 12.4. The van der Waals surface area contributed by atoms with Crippen LogP contribution in [0.25, 0.3) is 0 Å². The van der Waals surface area contributed by atoms with Crippen LogP contribution in [0.15, 0.2) is 48.5 Å². The lowest BCUT2D eigenvalue weighted by Crippen LogP contribution is -2.50. The Morgan fingerprint density at radius 1 is 1.00 bits per heavy atom. The van der Waals surface area contributed by atoms with Crippen molar-refractivity contribution in [1.82, 2.24) is 4.90 Å². The van der Waals surface area contributed by atoms with Crippen LogP contribution in [-0.2, 0) is 0 Å². The fourth-order valence-electron chi connectivity index (χ4n) is 2.93. The summed E-state index contributed by atoms with van der Waals surface area (Å²) >= 11 is 0. The number of anilines is 2. The predicted octanol–water partition coefficient (Wildman–Crippen LogP) is 3.75. The van der Waals surface area contributed by atoms with Crippen molar-refractivity contribution >= 4 is 17.4 Å². The lowest BCUT2D eigenvalue weighted by atomic mass is 10.2. The molecule has 0 saturated carbocycles. The SMILES string of the molecule is CCOc1ccc(NC(=O)N2CCN(c3ccc(C)cc3)CC2)cc1. The molecule has 132 valence electrons. The number of nitrogens with zero attached hydrogens (tertiary/aromatic N) is 2. The Morgan fingerprint density at radius 3 is 2.24 bits per heavy atom. The van der Waals surface area contributed by atoms with E-state index in [1.807, 2.05) is 36.1 Å². The van der Waals surface area contributed by atoms with Crippen LogP contribution in [0.2, 0.25) is 0 Å². The van der Waals surface area contributed by atoms with Gasteiger partial charge in [-0.05, 0) is 50.2 Å². The van der Waals surface area contributed by atoms with Crippen LogP contribution < -0.4 is 15.0 Å². The summed E-state index contributed by atoms with van der Waals surface area (Å²) in [6.07, 6.45) is 0. The van der Waals surface area contributed by atoms with Gasteiger partial charge in [-0.2, -0.15) is 0 Å². The van der Waals surface area contributed by atoms with Gasteiger partial charge in [0, 0.05) is 37.6 Å². The molecule has 25 heavy (non-hydrogen) atoms. The van der Waals surface area contributed by atoms with Crippen LogP contribution in [0.1, 0.15) is 12.5 Å². The van der Waals surface area contributed by atoms with E-state index in [9.17, 15) is 4.79 Å². The Labute approximate surface area is 149 Å². The van der Waals surface area contributed by atoms with E-state index >= 15 is 0 Å². The molecule has 0 aromatic heterocycles. The minimum Gasteiger partial charge on any atom is -0.494 e. The Kier molecular flexibility index (Phi) is 5.43. The predicted molar refractivity (Wildman–Crippen MR) is 102 cm³/mol. The highest BCUT2D eigenvalue weighted by molar-refractivity contribution is 5.89. The Bertz CT molecular complexity index is 690. The molecule has 0 atom stereocenters. The van der Waals surface area contributed by atoms with E-state index in [4.69, 9.17) is 4.74 Å². The lowest BCUT2D eigenvalue weighted by molar-refractivity contribution is 0.208. The Balaban J connectivity index is 1.51. The summed E-state index contributed by atoms with van der Waals surface area (Å²) in [6, 6.07) is 16.0. The van der Waals surface area contributed by atoms with Crippen molar-refractivity contribution < 1.29 is 9.53 Å². The summed E-state index contributed by atoms with van der Waals surface area (Å²) in [6.45, 7) is 7.81. The average molecular weight is 339 g/mol. The van der Waals surface area contributed by atoms with E-state index in [-0.39, 0.29) is 6.03 Å². The topological polar surface area (TPSA) is 44.8 Å². The second-order valence-electron chi connectivity index (χ2n) is 6.20. The van der Waals surface area contributed by atoms with E-state index < -0.39 is 0 Å². The van der Waals surface area contributed by atoms with Crippen LogP contribution in [0.4, 0.5) is 16.2 Å². The van der Waals surface area contributed by atoms with Gasteiger partial charge in [0.25, 0.3) is 0 Å². The van der Waals surface area contributed by atoms with Crippen LogP contribution >= 0.6 is 0 Å². The molecule has 0 aliphatic carbocycles. The van der Waals surface area contributed by atoms with E-state index in [0.717, 1.165) is 37.6 Å². The quantitative estimate of drug-likeness (QED) is 0.923. The molecule has 5 nitrogen and oxygen atoms in total. The molecule has 2 aromatic rings. The molecule has 0 radical (unpaired) electrons. The molecule has 5 heteroatoms. The highest BCUT2D eigenvalue weighted by atomic mass is 16.5. The summed E-state index contributed by atoms with van der Waals surface area (Å²) in [5.41, 5.74) is 3.27. The number of carbonyl (C=O) groups excluding carboxylic acids is 1. The van der Waals surface area contributed by atoms with Gasteiger partial charge in [-0.25, -0.2) is 4.79 Å². The largest absolute Gasteiger partial charge is 0.494 e. The van der Waals surface area contributed by atoms with Crippen molar-refractivity contribution in [1.29, 1.82) is 0 Å².